The molecule has 3 nitrogen and oxygen atoms in total. The van der Waals surface area contributed by atoms with E-state index in [1.165, 1.54) is 7.11 Å². The molecule has 0 aliphatic carbocycles. The Labute approximate surface area is 108 Å². The minimum Gasteiger partial charge on any atom is -0.451 e. The van der Waals surface area contributed by atoms with Gasteiger partial charge in [-0.3, -0.25) is 0 Å². The van der Waals surface area contributed by atoms with Gasteiger partial charge in [-0.05, 0) is 11.5 Å². The zero-order chi connectivity index (χ0) is 13.6. The van der Waals surface area contributed by atoms with Crippen LogP contribution < -0.4 is 0 Å². The highest BCUT2D eigenvalue weighted by Crippen LogP contribution is 2.15. The largest absolute Gasteiger partial charge is 0.451 e. The maximum atomic E-state index is 11.3. The third-order valence-electron chi connectivity index (χ3n) is 2.20. The summed E-state index contributed by atoms with van der Waals surface area (Å²) in [5.74, 6) is 0. The fraction of sp³-hybridized carbons (Fsp3) is 0.333. The molecule has 18 heavy (non-hydrogen) atoms. The number of ether oxygens (including phenoxy) is 1. The van der Waals surface area contributed by atoms with Crippen molar-refractivity contribution in [3.8, 4) is 0 Å². The summed E-state index contributed by atoms with van der Waals surface area (Å²) < 4.78 is 4.57. The van der Waals surface area contributed by atoms with E-state index in [-0.39, 0.29) is 5.41 Å². The van der Waals surface area contributed by atoms with E-state index in [2.05, 4.69) is 30.5 Å². The van der Waals surface area contributed by atoms with Crippen LogP contribution >= 0.6 is 0 Å². The number of hydrogen-bond acceptors (Lipinski definition) is 2. The Bertz CT molecular complexity index is 453. The number of hydrogen-bond donors (Lipinski definition) is 0. The predicted octanol–water partition coefficient (Wildman–Crippen LogP) is 3.84. The predicted molar refractivity (Wildman–Crippen MR) is 74.0 cm³/mol. The van der Waals surface area contributed by atoms with E-state index in [9.17, 15) is 4.79 Å². The molecule has 1 aromatic rings. The first-order valence-corrected chi connectivity index (χ1v) is 5.84. The van der Waals surface area contributed by atoms with Crippen LogP contribution in [0, 0.1) is 5.41 Å². The lowest BCUT2D eigenvalue weighted by molar-refractivity contribution is 0.182. The van der Waals surface area contributed by atoms with Crippen molar-refractivity contribution in [2.45, 2.75) is 20.8 Å². The molecular formula is C15H19NO2. The quantitative estimate of drug-likeness (QED) is 0.742. The number of benzene rings is 1. The second kappa shape index (κ2) is 6.15. The average molecular weight is 245 g/mol. The molecule has 0 unspecified atom stereocenters. The van der Waals surface area contributed by atoms with Gasteiger partial charge in [0.2, 0.25) is 0 Å². The van der Waals surface area contributed by atoms with Crippen molar-refractivity contribution in [1.82, 2.24) is 0 Å². The molecule has 1 rings (SSSR count). The first kappa shape index (κ1) is 14.2. The Balaban J connectivity index is 3.08. The summed E-state index contributed by atoms with van der Waals surface area (Å²) in [6.45, 7) is 6.26. The van der Waals surface area contributed by atoms with Crippen LogP contribution in [0.1, 0.15) is 26.3 Å². The fourth-order valence-corrected chi connectivity index (χ4v) is 1.28. The summed E-state index contributed by atoms with van der Waals surface area (Å²) in [5, 5.41) is 0. The van der Waals surface area contributed by atoms with Crippen molar-refractivity contribution in [2.75, 3.05) is 7.11 Å². The topological polar surface area (TPSA) is 38.7 Å². The van der Waals surface area contributed by atoms with Gasteiger partial charge in [-0.25, -0.2) is 4.79 Å². The summed E-state index contributed by atoms with van der Waals surface area (Å²) >= 11 is 0. The van der Waals surface area contributed by atoms with E-state index in [0.29, 0.717) is 5.71 Å². The van der Waals surface area contributed by atoms with Crippen LogP contribution in [0.2, 0.25) is 0 Å². The summed E-state index contributed by atoms with van der Waals surface area (Å²) in [6.07, 6.45) is 3.28. The molecule has 0 atom stereocenters. The van der Waals surface area contributed by atoms with Crippen LogP contribution in [-0.4, -0.2) is 18.9 Å². The van der Waals surface area contributed by atoms with Crippen molar-refractivity contribution in [2.24, 2.45) is 10.4 Å². The van der Waals surface area contributed by atoms with Crippen LogP contribution in [0.15, 0.2) is 47.5 Å². The highest BCUT2D eigenvalue weighted by molar-refractivity contribution is 6.12. The number of amides is 1. The molecule has 0 N–H and O–H groups in total. The van der Waals surface area contributed by atoms with Gasteiger partial charge < -0.3 is 4.74 Å². The lowest BCUT2D eigenvalue weighted by Gasteiger charge is -2.11. The molecule has 0 radical (unpaired) electrons. The highest BCUT2D eigenvalue weighted by Gasteiger charge is 2.07. The molecule has 0 saturated heterocycles. The number of carbonyl (C=O) groups excluding carboxylic acids is 1. The number of methoxy groups -OCH3 is 1. The molecule has 0 aliphatic heterocycles. The molecule has 0 heterocycles. The maximum Gasteiger partial charge on any atom is 0.433 e. The molecule has 0 spiro atoms. The third-order valence-corrected chi connectivity index (χ3v) is 2.20. The number of rotatable bonds is 2. The van der Waals surface area contributed by atoms with Gasteiger partial charge in [0.25, 0.3) is 0 Å². The van der Waals surface area contributed by atoms with E-state index < -0.39 is 6.09 Å². The molecule has 0 aromatic heterocycles. The summed E-state index contributed by atoms with van der Waals surface area (Å²) in [7, 11) is 1.32. The zero-order valence-electron chi connectivity index (χ0n) is 11.3. The van der Waals surface area contributed by atoms with Crippen LogP contribution in [0.4, 0.5) is 4.79 Å². The molecule has 0 bridgehead atoms. The van der Waals surface area contributed by atoms with E-state index >= 15 is 0 Å². The Morgan fingerprint density at radius 3 is 2.33 bits per heavy atom. The van der Waals surface area contributed by atoms with Gasteiger partial charge in [0, 0.05) is 5.56 Å². The van der Waals surface area contributed by atoms with Gasteiger partial charge in [-0.1, -0.05) is 57.2 Å². The molecule has 0 fully saturated rings. The second-order valence-electron chi connectivity index (χ2n) is 5.03. The van der Waals surface area contributed by atoms with Crippen LogP contribution in [0.5, 0.6) is 0 Å². The van der Waals surface area contributed by atoms with Gasteiger partial charge in [-0.15, -0.1) is 0 Å². The van der Waals surface area contributed by atoms with Crippen LogP contribution in [0.3, 0.4) is 0 Å². The molecule has 1 amide bonds. The maximum absolute atomic E-state index is 11.3. The van der Waals surface area contributed by atoms with Crippen molar-refractivity contribution < 1.29 is 9.53 Å². The van der Waals surface area contributed by atoms with E-state index in [1.807, 2.05) is 42.5 Å². The molecule has 0 saturated carbocycles. The van der Waals surface area contributed by atoms with Crippen LogP contribution in [0.25, 0.3) is 0 Å². The van der Waals surface area contributed by atoms with Crippen molar-refractivity contribution in [3.63, 3.8) is 0 Å². The summed E-state index contributed by atoms with van der Waals surface area (Å²) in [5.41, 5.74) is 1.53. The lowest BCUT2D eigenvalue weighted by atomic mass is 9.95. The van der Waals surface area contributed by atoms with Gasteiger partial charge >= 0.3 is 6.09 Å². The van der Waals surface area contributed by atoms with Crippen molar-refractivity contribution in [1.29, 1.82) is 0 Å². The van der Waals surface area contributed by atoms with E-state index in [0.717, 1.165) is 5.56 Å². The third kappa shape index (κ3) is 4.95. The monoisotopic (exact) mass is 245 g/mol. The number of carbonyl (C=O) groups is 1. The second-order valence-corrected chi connectivity index (χ2v) is 5.03. The fourth-order valence-electron chi connectivity index (χ4n) is 1.28. The number of aliphatic imine (C=N–C) groups is 1. The summed E-state index contributed by atoms with van der Waals surface area (Å²) in [6, 6.07) is 9.57. The Kier molecular flexibility index (Phi) is 4.84. The normalized spacial score (nSPS) is 12.8. The first-order valence-electron chi connectivity index (χ1n) is 5.84. The Hall–Kier alpha value is -1.90. The number of nitrogens with zero attached hydrogens (tertiary/aromatic N) is 1. The first-order chi connectivity index (χ1) is 8.42. The standard InChI is InChI=1S/C15H19NO2/c1-15(2,3)11-10-13(16-14(17)18-4)12-8-6-5-7-9-12/h5-11H,1-4H3/b11-10+,16-13-. The molecule has 1 aromatic carbocycles. The van der Waals surface area contributed by atoms with Crippen molar-refractivity contribution in [3.05, 3.63) is 48.0 Å². The van der Waals surface area contributed by atoms with Gasteiger partial charge in [-0.2, -0.15) is 4.99 Å². The van der Waals surface area contributed by atoms with Gasteiger partial charge in [0.1, 0.15) is 0 Å². The molecule has 3 heteroatoms. The summed E-state index contributed by atoms with van der Waals surface area (Å²) in [4.78, 5) is 15.2. The van der Waals surface area contributed by atoms with E-state index in [4.69, 9.17) is 0 Å². The van der Waals surface area contributed by atoms with Gasteiger partial charge in [0.05, 0.1) is 12.8 Å². The Morgan fingerprint density at radius 1 is 1.22 bits per heavy atom. The number of allylic oxidation sites excluding steroid dienone is 2. The SMILES string of the molecule is COC(=O)/N=C(/C=C/C(C)(C)C)c1ccccc1. The van der Waals surface area contributed by atoms with E-state index in [1.54, 1.807) is 0 Å². The van der Waals surface area contributed by atoms with Crippen LogP contribution in [-0.2, 0) is 4.74 Å². The lowest BCUT2D eigenvalue weighted by Crippen LogP contribution is -2.05. The molecule has 0 aliphatic rings. The smallest absolute Gasteiger partial charge is 0.433 e. The Morgan fingerprint density at radius 2 is 1.83 bits per heavy atom. The minimum atomic E-state index is -0.590. The zero-order valence-corrected chi connectivity index (χ0v) is 11.3. The highest BCUT2D eigenvalue weighted by atomic mass is 16.5. The van der Waals surface area contributed by atoms with Crippen molar-refractivity contribution >= 4 is 11.8 Å². The molecule has 96 valence electrons. The van der Waals surface area contributed by atoms with Gasteiger partial charge in [0.15, 0.2) is 0 Å². The molecular weight excluding hydrogens is 226 g/mol. The minimum absolute atomic E-state index is 0.0334. The average Bonchev–Trinajstić information content (AvgIpc) is 2.34.